The lowest BCUT2D eigenvalue weighted by Crippen LogP contribution is -2.28. The van der Waals surface area contributed by atoms with Gasteiger partial charge in [0.2, 0.25) is 5.91 Å². The molecule has 1 unspecified atom stereocenters. The number of hydrogen-bond acceptors (Lipinski definition) is 5. The van der Waals surface area contributed by atoms with Crippen LogP contribution in [0.2, 0.25) is 0 Å². The number of thiophene rings is 1. The second-order valence-corrected chi connectivity index (χ2v) is 5.62. The van der Waals surface area contributed by atoms with Crippen LogP contribution in [0.4, 0.5) is 5.00 Å². The summed E-state index contributed by atoms with van der Waals surface area (Å²) in [7, 11) is 1.53. The van der Waals surface area contributed by atoms with Gasteiger partial charge in [0, 0.05) is 18.5 Å². The Morgan fingerprint density at radius 3 is 3.05 bits per heavy atom. The van der Waals surface area contributed by atoms with E-state index in [1.54, 1.807) is 0 Å². The molecule has 0 bridgehead atoms. The van der Waals surface area contributed by atoms with Gasteiger partial charge in [-0.15, -0.1) is 11.3 Å². The molecule has 19 heavy (non-hydrogen) atoms. The third kappa shape index (κ3) is 2.95. The largest absolute Gasteiger partial charge is 0.380 e. The smallest absolute Gasteiger partial charge is 0.227 e. The van der Waals surface area contributed by atoms with Crippen LogP contribution in [-0.2, 0) is 22.4 Å². The fourth-order valence-corrected chi connectivity index (χ4v) is 3.51. The Morgan fingerprint density at radius 2 is 2.42 bits per heavy atom. The normalized spacial score (nSPS) is 14.8. The third-order valence-corrected chi connectivity index (χ3v) is 4.50. The summed E-state index contributed by atoms with van der Waals surface area (Å²) >= 11 is 1.52. The number of nitrogens with two attached hydrogens (primary N) is 1. The molecule has 1 aliphatic rings. The minimum Gasteiger partial charge on any atom is -0.380 e. The number of ether oxygens (including phenoxy) is 1. The maximum absolute atomic E-state index is 11.9. The zero-order chi connectivity index (χ0) is 13.8. The highest BCUT2D eigenvalue weighted by Gasteiger charge is 2.23. The van der Waals surface area contributed by atoms with Gasteiger partial charge in [0.25, 0.3) is 0 Å². The molecular weight excluding hydrogens is 262 g/mol. The summed E-state index contributed by atoms with van der Waals surface area (Å²) < 4.78 is 5.08. The number of nitrogens with zero attached hydrogens (tertiary/aromatic N) is 1. The number of carbonyl (C=O) groups is 1. The van der Waals surface area contributed by atoms with Crippen molar-refractivity contribution < 1.29 is 9.53 Å². The molecule has 0 radical (unpaired) electrons. The number of nitriles is 1. The number of nitrogens with one attached hydrogen (secondary N) is 1. The summed E-state index contributed by atoms with van der Waals surface area (Å²) in [6.45, 7) is 0.302. The van der Waals surface area contributed by atoms with Gasteiger partial charge in [0.15, 0.2) is 0 Å². The Hall–Kier alpha value is -1.42. The van der Waals surface area contributed by atoms with Crippen molar-refractivity contribution >= 4 is 22.2 Å². The molecule has 0 aliphatic heterocycles. The van der Waals surface area contributed by atoms with Crippen molar-refractivity contribution in [3.63, 3.8) is 0 Å². The zero-order valence-corrected chi connectivity index (χ0v) is 11.7. The van der Waals surface area contributed by atoms with Crippen LogP contribution in [0.15, 0.2) is 0 Å². The van der Waals surface area contributed by atoms with Crippen LogP contribution in [-0.4, -0.2) is 25.7 Å². The summed E-state index contributed by atoms with van der Waals surface area (Å²) in [4.78, 5) is 13.1. The van der Waals surface area contributed by atoms with Gasteiger partial charge in [-0.1, -0.05) is 0 Å². The first-order valence-corrected chi connectivity index (χ1v) is 7.08. The lowest BCUT2D eigenvalue weighted by molar-refractivity contribution is -0.118. The predicted octanol–water partition coefficient (Wildman–Crippen LogP) is 1.41. The molecule has 102 valence electrons. The van der Waals surface area contributed by atoms with Crippen LogP contribution in [0.25, 0.3) is 0 Å². The summed E-state index contributed by atoms with van der Waals surface area (Å²) in [5.74, 6) is -0.159. The van der Waals surface area contributed by atoms with E-state index in [9.17, 15) is 10.1 Å². The fraction of sp³-hybridized carbons (Fsp3) is 0.538. The third-order valence-electron chi connectivity index (χ3n) is 3.30. The van der Waals surface area contributed by atoms with Crippen molar-refractivity contribution in [2.24, 2.45) is 5.73 Å². The van der Waals surface area contributed by atoms with Crippen molar-refractivity contribution in [1.82, 2.24) is 0 Å². The first kappa shape index (κ1) is 14.0. The molecule has 0 fully saturated rings. The van der Waals surface area contributed by atoms with Gasteiger partial charge in [0.05, 0.1) is 18.1 Å². The summed E-state index contributed by atoms with van der Waals surface area (Å²) in [5.41, 5.74) is 7.23. The van der Waals surface area contributed by atoms with Crippen molar-refractivity contribution in [3.05, 3.63) is 16.0 Å². The van der Waals surface area contributed by atoms with Gasteiger partial charge in [0.1, 0.15) is 11.1 Å². The highest BCUT2D eigenvalue weighted by atomic mass is 32.1. The van der Waals surface area contributed by atoms with Gasteiger partial charge in [-0.2, -0.15) is 5.26 Å². The van der Waals surface area contributed by atoms with Crippen LogP contribution in [0.3, 0.4) is 0 Å². The van der Waals surface area contributed by atoms with E-state index in [1.807, 2.05) is 0 Å². The zero-order valence-electron chi connectivity index (χ0n) is 10.9. The highest BCUT2D eigenvalue weighted by Crippen LogP contribution is 2.38. The standard InChI is InChI=1S/C13H17N3O2S/c1-18-8(6-14)5-12(17)16-13-10(7-15)9-3-2-4-11(9)19-13/h8H,2-6,14H2,1H3,(H,16,17). The van der Waals surface area contributed by atoms with E-state index in [4.69, 9.17) is 10.5 Å². The maximum atomic E-state index is 11.9. The molecule has 3 N–H and O–H groups in total. The van der Waals surface area contributed by atoms with Crippen LogP contribution in [0, 0.1) is 11.3 Å². The van der Waals surface area contributed by atoms with Crippen LogP contribution >= 0.6 is 11.3 Å². The molecule has 1 aliphatic carbocycles. The molecule has 0 aromatic carbocycles. The molecule has 5 nitrogen and oxygen atoms in total. The summed E-state index contributed by atoms with van der Waals surface area (Å²) in [5, 5.41) is 12.7. The highest BCUT2D eigenvalue weighted by molar-refractivity contribution is 7.16. The number of carbonyl (C=O) groups excluding carboxylic acids is 1. The summed E-state index contributed by atoms with van der Waals surface area (Å²) in [6, 6.07) is 2.20. The lowest BCUT2D eigenvalue weighted by atomic mass is 10.1. The average molecular weight is 279 g/mol. The molecule has 0 saturated carbocycles. The van der Waals surface area contributed by atoms with Crippen molar-refractivity contribution in [3.8, 4) is 6.07 Å². The number of methoxy groups -OCH3 is 1. The minimum absolute atomic E-state index is 0.159. The quantitative estimate of drug-likeness (QED) is 0.853. The van der Waals surface area contributed by atoms with Crippen LogP contribution < -0.4 is 11.1 Å². The Morgan fingerprint density at radius 1 is 1.63 bits per heavy atom. The maximum Gasteiger partial charge on any atom is 0.227 e. The Labute approximate surface area is 116 Å². The van der Waals surface area contributed by atoms with E-state index in [0.717, 1.165) is 24.8 Å². The monoisotopic (exact) mass is 279 g/mol. The molecule has 1 aromatic rings. The van der Waals surface area contributed by atoms with Gasteiger partial charge in [-0.05, 0) is 24.8 Å². The minimum atomic E-state index is -0.280. The second-order valence-electron chi connectivity index (χ2n) is 4.52. The van der Waals surface area contributed by atoms with E-state index >= 15 is 0 Å². The van der Waals surface area contributed by atoms with E-state index in [0.29, 0.717) is 17.1 Å². The fourth-order valence-electron chi connectivity index (χ4n) is 2.26. The first-order chi connectivity index (χ1) is 9.19. The SMILES string of the molecule is COC(CN)CC(=O)Nc1sc2c(c1C#N)CCC2. The number of fused-ring (bicyclic) bond motifs is 1. The molecule has 1 amide bonds. The molecule has 1 aromatic heterocycles. The Balaban J connectivity index is 2.08. The van der Waals surface area contributed by atoms with Gasteiger partial charge in [-0.3, -0.25) is 4.79 Å². The molecule has 6 heteroatoms. The first-order valence-electron chi connectivity index (χ1n) is 6.27. The van der Waals surface area contributed by atoms with Crippen LogP contribution in [0.1, 0.15) is 28.8 Å². The van der Waals surface area contributed by atoms with Crippen molar-refractivity contribution in [2.45, 2.75) is 31.8 Å². The lowest BCUT2D eigenvalue weighted by Gasteiger charge is -2.12. The number of rotatable bonds is 5. The Kier molecular flexibility index (Phi) is 4.53. The molecule has 1 atom stereocenters. The Bertz CT molecular complexity index is 515. The molecule has 1 heterocycles. The van der Waals surface area contributed by atoms with Gasteiger partial charge in [-0.25, -0.2) is 0 Å². The second kappa shape index (κ2) is 6.15. The van der Waals surface area contributed by atoms with E-state index in [2.05, 4.69) is 11.4 Å². The summed E-state index contributed by atoms with van der Waals surface area (Å²) in [6.07, 6.45) is 2.98. The predicted molar refractivity (Wildman–Crippen MR) is 74.2 cm³/mol. The van der Waals surface area contributed by atoms with Gasteiger partial charge < -0.3 is 15.8 Å². The molecule has 2 rings (SSSR count). The topological polar surface area (TPSA) is 88.1 Å². The van der Waals surface area contributed by atoms with Gasteiger partial charge >= 0.3 is 0 Å². The molecular formula is C13H17N3O2S. The number of hydrogen-bond donors (Lipinski definition) is 2. The number of aryl methyl sites for hydroxylation is 1. The average Bonchev–Trinajstić information content (AvgIpc) is 2.96. The van der Waals surface area contributed by atoms with E-state index in [1.165, 1.54) is 23.3 Å². The van der Waals surface area contributed by atoms with E-state index in [-0.39, 0.29) is 18.4 Å². The van der Waals surface area contributed by atoms with E-state index < -0.39 is 0 Å². The molecule has 0 saturated heterocycles. The van der Waals surface area contributed by atoms with Crippen molar-refractivity contribution in [1.29, 1.82) is 5.26 Å². The van der Waals surface area contributed by atoms with Crippen molar-refractivity contribution in [2.75, 3.05) is 19.0 Å². The number of anilines is 1. The van der Waals surface area contributed by atoms with Crippen LogP contribution in [0.5, 0.6) is 0 Å². The number of amides is 1. The molecule has 0 spiro atoms.